The fourth-order valence-corrected chi connectivity index (χ4v) is 4.91. The smallest absolute Gasteiger partial charge is 0.191 e. The Bertz CT molecular complexity index is 332. The highest BCUT2D eigenvalue weighted by Gasteiger charge is 2.53. The van der Waals surface area contributed by atoms with E-state index in [1.54, 1.807) is 0 Å². The summed E-state index contributed by atoms with van der Waals surface area (Å²) in [5.41, 5.74) is 0. The molecule has 2 atom stereocenters. The van der Waals surface area contributed by atoms with E-state index in [1.165, 1.54) is 0 Å². The van der Waals surface area contributed by atoms with Gasteiger partial charge in [-0.15, -0.1) is 0 Å². The Hall–Kier alpha value is -0.200. The molecule has 1 fully saturated rings. The molecule has 1 rings (SSSR count). The molecule has 0 bridgehead atoms. The van der Waals surface area contributed by atoms with Crippen molar-refractivity contribution in [2.24, 2.45) is 0 Å². The number of likely N-dealkylation sites (N-methyl/N-ethyl adjacent to an activating group) is 1. The maximum absolute atomic E-state index is 2.68. The molecule has 1 saturated heterocycles. The zero-order valence-electron chi connectivity index (χ0n) is 17.5. The van der Waals surface area contributed by atoms with Gasteiger partial charge in [0.1, 0.15) is 0 Å². The Kier molecular flexibility index (Phi) is 7.06. The molecule has 2 unspecified atom stereocenters. The van der Waals surface area contributed by atoms with Crippen LogP contribution in [0.5, 0.6) is 0 Å². The maximum Gasteiger partial charge on any atom is 0.191 e. The highest BCUT2D eigenvalue weighted by Crippen LogP contribution is 2.35. The SMILES string of the molecule is CC(C)N1C(C)CN(C)CC(C)N(C(C)C)C1(N(C)C)N(C)C. The summed E-state index contributed by atoms with van der Waals surface area (Å²) in [5, 5.41) is 0. The van der Waals surface area contributed by atoms with Crippen LogP contribution in [0.3, 0.4) is 0 Å². The van der Waals surface area contributed by atoms with Crippen molar-refractivity contribution in [1.82, 2.24) is 24.5 Å². The van der Waals surface area contributed by atoms with Gasteiger partial charge in [0, 0.05) is 37.3 Å². The van der Waals surface area contributed by atoms with E-state index < -0.39 is 0 Å². The average molecular weight is 328 g/mol. The van der Waals surface area contributed by atoms with E-state index in [4.69, 9.17) is 0 Å². The topological polar surface area (TPSA) is 16.2 Å². The van der Waals surface area contributed by atoms with Crippen LogP contribution in [0, 0.1) is 0 Å². The summed E-state index contributed by atoms with van der Waals surface area (Å²) in [6.07, 6.45) is 0. The molecule has 23 heavy (non-hydrogen) atoms. The summed E-state index contributed by atoms with van der Waals surface area (Å²) in [6, 6.07) is 1.85. The molecule has 0 saturated carbocycles. The zero-order chi connectivity index (χ0) is 18.1. The predicted octanol–water partition coefficient (Wildman–Crippen LogP) is 1.86. The molecule has 0 N–H and O–H groups in total. The van der Waals surface area contributed by atoms with Crippen LogP contribution in [-0.4, -0.2) is 103 Å². The Morgan fingerprint density at radius 3 is 1.30 bits per heavy atom. The molecule has 0 aromatic heterocycles. The Morgan fingerprint density at radius 1 is 0.783 bits per heavy atom. The largest absolute Gasteiger partial charge is 0.303 e. The van der Waals surface area contributed by atoms with Crippen LogP contribution in [0.4, 0.5) is 0 Å². The third-order valence-electron chi connectivity index (χ3n) is 5.11. The Balaban J connectivity index is 3.62. The lowest BCUT2D eigenvalue weighted by atomic mass is 10.0. The van der Waals surface area contributed by atoms with Gasteiger partial charge in [-0.1, -0.05) is 0 Å². The monoisotopic (exact) mass is 327 g/mol. The number of hydrogen-bond acceptors (Lipinski definition) is 5. The minimum absolute atomic E-state index is 0.234. The molecule has 1 aliphatic rings. The van der Waals surface area contributed by atoms with Crippen LogP contribution < -0.4 is 0 Å². The summed E-state index contributed by atoms with van der Waals surface area (Å²) in [7, 11) is 11.1. The van der Waals surface area contributed by atoms with Gasteiger partial charge in [-0.05, 0) is 76.8 Å². The normalized spacial score (nSPS) is 28.8. The molecule has 0 spiro atoms. The van der Waals surface area contributed by atoms with Crippen LogP contribution in [0.25, 0.3) is 0 Å². The fraction of sp³-hybridized carbons (Fsp3) is 1.00. The molecule has 0 radical (unpaired) electrons. The Morgan fingerprint density at radius 2 is 1.09 bits per heavy atom. The van der Waals surface area contributed by atoms with Crippen LogP contribution in [-0.2, 0) is 0 Å². The van der Waals surface area contributed by atoms with Crippen LogP contribution in [0.1, 0.15) is 41.5 Å². The minimum Gasteiger partial charge on any atom is -0.303 e. The van der Waals surface area contributed by atoms with E-state index in [9.17, 15) is 0 Å². The third-order valence-corrected chi connectivity index (χ3v) is 5.11. The summed E-state index contributed by atoms with van der Waals surface area (Å²) in [6.45, 7) is 16.2. The molecule has 0 amide bonds. The molecular weight excluding hydrogens is 286 g/mol. The third kappa shape index (κ3) is 3.74. The van der Waals surface area contributed by atoms with Crippen LogP contribution in [0.15, 0.2) is 0 Å². The first-order valence-corrected chi connectivity index (χ1v) is 9.08. The molecular formula is C18H41N5. The van der Waals surface area contributed by atoms with Crippen LogP contribution in [0.2, 0.25) is 0 Å². The molecule has 5 heteroatoms. The van der Waals surface area contributed by atoms with E-state index in [2.05, 4.69) is 101 Å². The molecule has 138 valence electrons. The van der Waals surface area contributed by atoms with E-state index in [0.717, 1.165) is 13.1 Å². The van der Waals surface area contributed by atoms with Crippen molar-refractivity contribution in [1.29, 1.82) is 0 Å². The van der Waals surface area contributed by atoms with E-state index in [0.29, 0.717) is 24.2 Å². The molecule has 1 heterocycles. The van der Waals surface area contributed by atoms with Gasteiger partial charge in [0.05, 0.1) is 0 Å². The summed E-state index contributed by atoms with van der Waals surface area (Å²) in [5.74, 6) is -0.234. The van der Waals surface area contributed by atoms with Crippen molar-refractivity contribution in [2.75, 3.05) is 48.3 Å². The van der Waals surface area contributed by atoms with Gasteiger partial charge >= 0.3 is 0 Å². The molecule has 5 nitrogen and oxygen atoms in total. The first-order valence-electron chi connectivity index (χ1n) is 9.08. The second-order valence-electron chi connectivity index (χ2n) is 8.31. The fourth-order valence-electron chi connectivity index (χ4n) is 4.91. The lowest BCUT2D eigenvalue weighted by molar-refractivity contribution is -0.280. The standard InChI is InChI=1S/C18H41N5/c1-14(2)22-16(5)12-21(11)13-17(6)23(15(3)4)18(22,19(7)8)20(9)10/h14-17H,12-13H2,1-11H3. The molecule has 1 aliphatic heterocycles. The van der Waals surface area contributed by atoms with Crippen molar-refractivity contribution in [3.8, 4) is 0 Å². The van der Waals surface area contributed by atoms with Gasteiger partial charge in [0.25, 0.3) is 0 Å². The molecule has 0 aliphatic carbocycles. The van der Waals surface area contributed by atoms with Crippen molar-refractivity contribution in [3.05, 3.63) is 0 Å². The number of rotatable bonds is 4. The van der Waals surface area contributed by atoms with Gasteiger partial charge in [-0.25, -0.2) is 0 Å². The van der Waals surface area contributed by atoms with Crippen molar-refractivity contribution >= 4 is 0 Å². The second-order valence-corrected chi connectivity index (χ2v) is 8.31. The molecule has 0 aromatic rings. The lowest BCUT2D eigenvalue weighted by Gasteiger charge is -2.64. The van der Waals surface area contributed by atoms with Crippen LogP contribution >= 0.6 is 0 Å². The van der Waals surface area contributed by atoms with E-state index >= 15 is 0 Å². The van der Waals surface area contributed by atoms with E-state index in [-0.39, 0.29) is 5.91 Å². The minimum atomic E-state index is -0.234. The average Bonchev–Trinajstić information content (AvgIpc) is 2.33. The first kappa shape index (κ1) is 20.8. The van der Waals surface area contributed by atoms with Crippen molar-refractivity contribution in [2.45, 2.75) is 71.6 Å². The Labute approximate surface area is 145 Å². The van der Waals surface area contributed by atoms with Gasteiger partial charge < -0.3 is 4.90 Å². The summed E-state index contributed by atoms with van der Waals surface area (Å²) >= 11 is 0. The van der Waals surface area contributed by atoms with Gasteiger partial charge in [-0.2, -0.15) is 0 Å². The highest BCUT2D eigenvalue weighted by molar-refractivity contribution is 4.97. The highest BCUT2D eigenvalue weighted by atomic mass is 15.7. The van der Waals surface area contributed by atoms with Gasteiger partial charge in [0.2, 0.25) is 0 Å². The predicted molar refractivity (Wildman–Crippen MR) is 100 cm³/mol. The van der Waals surface area contributed by atoms with Gasteiger partial charge in [0.15, 0.2) is 5.91 Å². The lowest BCUT2D eigenvalue weighted by Crippen LogP contribution is -2.81. The summed E-state index contributed by atoms with van der Waals surface area (Å²) in [4.78, 5) is 12.6. The van der Waals surface area contributed by atoms with E-state index in [1.807, 2.05) is 0 Å². The second kappa shape index (κ2) is 7.79. The van der Waals surface area contributed by atoms with Crippen molar-refractivity contribution in [3.63, 3.8) is 0 Å². The number of hydrogen-bond donors (Lipinski definition) is 0. The van der Waals surface area contributed by atoms with Gasteiger partial charge in [-0.3, -0.25) is 19.6 Å². The number of nitrogens with zero attached hydrogens (tertiary/aromatic N) is 5. The zero-order valence-corrected chi connectivity index (χ0v) is 17.5. The first-order chi connectivity index (χ1) is 10.5. The maximum atomic E-state index is 2.68. The van der Waals surface area contributed by atoms with Crippen molar-refractivity contribution < 1.29 is 0 Å². The quantitative estimate of drug-likeness (QED) is 0.731. The molecule has 0 aromatic carbocycles. The summed E-state index contributed by atoms with van der Waals surface area (Å²) < 4.78 is 0.